The van der Waals surface area contributed by atoms with E-state index >= 15 is 0 Å². The Kier molecular flexibility index (Phi) is 6.94. The lowest BCUT2D eigenvalue weighted by molar-refractivity contribution is 0.483. The van der Waals surface area contributed by atoms with Crippen molar-refractivity contribution in [3.05, 3.63) is 114 Å². The van der Waals surface area contributed by atoms with Crippen LogP contribution in [0.5, 0.6) is 11.5 Å². The SMILES string of the molecule is Cc1ccc(Cn2cccc2C=NNC(=S)Nc2ccc(Oc3ccccc3)cc2)cc1. The molecule has 2 N–H and O–H groups in total. The third kappa shape index (κ3) is 6.06. The Labute approximate surface area is 193 Å². The summed E-state index contributed by atoms with van der Waals surface area (Å²) in [7, 11) is 0. The maximum atomic E-state index is 5.80. The zero-order chi connectivity index (χ0) is 22.2. The zero-order valence-electron chi connectivity index (χ0n) is 17.7. The van der Waals surface area contributed by atoms with Crippen molar-refractivity contribution in [2.75, 3.05) is 5.32 Å². The molecule has 1 aromatic heterocycles. The normalized spacial score (nSPS) is 10.8. The van der Waals surface area contributed by atoms with Crippen LogP contribution in [0.2, 0.25) is 0 Å². The second-order valence-corrected chi connectivity index (χ2v) is 7.72. The van der Waals surface area contributed by atoms with Gasteiger partial charge in [0.1, 0.15) is 11.5 Å². The number of benzene rings is 3. The molecule has 0 fully saturated rings. The van der Waals surface area contributed by atoms with E-state index in [0.717, 1.165) is 29.4 Å². The topological polar surface area (TPSA) is 50.6 Å². The molecule has 0 amide bonds. The quantitative estimate of drug-likeness (QED) is 0.212. The van der Waals surface area contributed by atoms with E-state index in [-0.39, 0.29) is 0 Å². The molecule has 6 heteroatoms. The molecule has 0 spiro atoms. The van der Waals surface area contributed by atoms with Gasteiger partial charge in [0.25, 0.3) is 0 Å². The van der Waals surface area contributed by atoms with Crippen molar-refractivity contribution in [3.63, 3.8) is 0 Å². The van der Waals surface area contributed by atoms with Gasteiger partial charge in [-0.3, -0.25) is 5.43 Å². The highest BCUT2D eigenvalue weighted by molar-refractivity contribution is 7.80. The van der Waals surface area contributed by atoms with Gasteiger partial charge >= 0.3 is 0 Å². The maximum absolute atomic E-state index is 5.80. The smallest absolute Gasteiger partial charge is 0.191 e. The lowest BCUT2D eigenvalue weighted by Gasteiger charge is -2.09. The van der Waals surface area contributed by atoms with Crippen LogP contribution in [0.25, 0.3) is 0 Å². The summed E-state index contributed by atoms with van der Waals surface area (Å²) in [5.74, 6) is 1.56. The monoisotopic (exact) mass is 440 g/mol. The van der Waals surface area contributed by atoms with E-state index in [9.17, 15) is 0 Å². The second-order valence-electron chi connectivity index (χ2n) is 7.31. The Morgan fingerprint density at radius 1 is 0.906 bits per heavy atom. The molecule has 0 aliphatic heterocycles. The second kappa shape index (κ2) is 10.4. The van der Waals surface area contributed by atoms with Gasteiger partial charge in [-0.25, -0.2) is 0 Å². The molecule has 0 radical (unpaired) electrons. The number of nitrogens with zero attached hydrogens (tertiary/aromatic N) is 2. The van der Waals surface area contributed by atoms with E-state index in [1.165, 1.54) is 11.1 Å². The van der Waals surface area contributed by atoms with Crippen molar-refractivity contribution in [1.29, 1.82) is 0 Å². The number of hydrogen-bond donors (Lipinski definition) is 2. The largest absolute Gasteiger partial charge is 0.457 e. The number of ether oxygens (including phenoxy) is 1. The van der Waals surface area contributed by atoms with Gasteiger partial charge < -0.3 is 14.6 Å². The van der Waals surface area contributed by atoms with Gasteiger partial charge in [-0.2, -0.15) is 5.10 Å². The van der Waals surface area contributed by atoms with Crippen LogP contribution in [-0.2, 0) is 6.54 Å². The molecular formula is C26H24N4OS. The van der Waals surface area contributed by atoms with Gasteiger partial charge in [-0.1, -0.05) is 48.0 Å². The Bertz CT molecular complexity index is 1180. The van der Waals surface area contributed by atoms with Gasteiger partial charge in [-0.15, -0.1) is 0 Å². The minimum atomic E-state index is 0.412. The fraction of sp³-hybridized carbons (Fsp3) is 0.0769. The average Bonchev–Trinajstić information content (AvgIpc) is 3.24. The van der Waals surface area contributed by atoms with Crippen molar-refractivity contribution in [1.82, 2.24) is 9.99 Å². The Hall–Kier alpha value is -3.90. The highest BCUT2D eigenvalue weighted by Gasteiger charge is 2.02. The molecule has 1 heterocycles. The summed E-state index contributed by atoms with van der Waals surface area (Å²) in [6, 6.07) is 29.8. The number of para-hydroxylation sites is 1. The first kappa shape index (κ1) is 21.3. The first-order valence-electron chi connectivity index (χ1n) is 10.3. The first-order valence-corrected chi connectivity index (χ1v) is 10.7. The first-order chi connectivity index (χ1) is 15.7. The summed E-state index contributed by atoms with van der Waals surface area (Å²) in [6.07, 6.45) is 3.80. The molecule has 0 atom stereocenters. The molecule has 32 heavy (non-hydrogen) atoms. The molecule has 0 bridgehead atoms. The van der Waals surface area contributed by atoms with Crippen molar-refractivity contribution >= 4 is 29.2 Å². The van der Waals surface area contributed by atoms with Crippen LogP contribution >= 0.6 is 12.2 Å². The van der Waals surface area contributed by atoms with E-state index in [1.54, 1.807) is 6.21 Å². The number of hydrazone groups is 1. The number of rotatable bonds is 7. The Morgan fingerprint density at radius 2 is 1.62 bits per heavy atom. The zero-order valence-corrected chi connectivity index (χ0v) is 18.5. The molecule has 4 rings (SSSR count). The van der Waals surface area contributed by atoms with E-state index in [2.05, 4.69) is 51.6 Å². The van der Waals surface area contributed by atoms with Crippen molar-refractivity contribution < 1.29 is 4.74 Å². The van der Waals surface area contributed by atoms with Crippen LogP contribution in [-0.4, -0.2) is 15.9 Å². The molecule has 5 nitrogen and oxygen atoms in total. The van der Waals surface area contributed by atoms with Crippen molar-refractivity contribution in [2.24, 2.45) is 5.10 Å². The van der Waals surface area contributed by atoms with Gasteiger partial charge in [-0.05, 0) is 73.2 Å². The van der Waals surface area contributed by atoms with Crippen LogP contribution in [0.4, 0.5) is 5.69 Å². The summed E-state index contributed by atoms with van der Waals surface area (Å²) >= 11 is 5.34. The third-order valence-electron chi connectivity index (χ3n) is 4.79. The molecule has 0 saturated carbocycles. The van der Waals surface area contributed by atoms with Crippen LogP contribution in [0.1, 0.15) is 16.8 Å². The van der Waals surface area contributed by atoms with Gasteiger partial charge in [0.2, 0.25) is 0 Å². The number of aryl methyl sites for hydroxylation is 1. The summed E-state index contributed by atoms with van der Waals surface area (Å²) in [4.78, 5) is 0. The average molecular weight is 441 g/mol. The van der Waals surface area contributed by atoms with Crippen LogP contribution < -0.4 is 15.5 Å². The highest BCUT2D eigenvalue weighted by Crippen LogP contribution is 2.22. The Morgan fingerprint density at radius 3 is 2.38 bits per heavy atom. The number of aromatic nitrogens is 1. The number of hydrogen-bond acceptors (Lipinski definition) is 3. The van der Waals surface area contributed by atoms with Crippen LogP contribution in [0.3, 0.4) is 0 Å². The van der Waals surface area contributed by atoms with E-state index in [1.807, 2.05) is 72.9 Å². The molecule has 3 aromatic carbocycles. The summed E-state index contributed by atoms with van der Waals surface area (Å²) in [5, 5.41) is 7.80. The molecule has 0 saturated heterocycles. The molecule has 0 aliphatic carbocycles. The maximum Gasteiger partial charge on any atom is 0.191 e. The predicted molar refractivity (Wildman–Crippen MR) is 135 cm³/mol. The van der Waals surface area contributed by atoms with Crippen LogP contribution in [0.15, 0.2) is 102 Å². The predicted octanol–water partition coefficient (Wildman–Crippen LogP) is 5.96. The molecule has 4 aromatic rings. The number of anilines is 1. The molecule has 160 valence electrons. The molecule has 0 aliphatic rings. The summed E-state index contributed by atoms with van der Waals surface area (Å²) in [5.41, 5.74) is 7.20. The van der Waals surface area contributed by atoms with Crippen molar-refractivity contribution in [2.45, 2.75) is 13.5 Å². The highest BCUT2D eigenvalue weighted by atomic mass is 32.1. The van der Waals surface area contributed by atoms with Gasteiger partial charge in [0, 0.05) is 18.4 Å². The fourth-order valence-electron chi connectivity index (χ4n) is 3.13. The van der Waals surface area contributed by atoms with E-state index in [4.69, 9.17) is 17.0 Å². The number of thiocarbonyl (C=S) groups is 1. The third-order valence-corrected chi connectivity index (χ3v) is 4.99. The Balaban J connectivity index is 1.29. The van der Waals surface area contributed by atoms with Crippen LogP contribution in [0, 0.1) is 6.92 Å². The lowest BCUT2D eigenvalue weighted by atomic mass is 10.1. The fourth-order valence-corrected chi connectivity index (χ4v) is 3.30. The molecular weight excluding hydrogens is 416 g/mol. The van der Waals surface area contributed by atoms with E-state index in [0.29, 0.717) is 5.11 Å². The number of nitrogens with one attached hydrogen (secondary N) is 2. The lowest BCUT2D eigenvalue weighted by Crippen LogP contribution is -2.24. The van der Waals surface area contributed by atoms with E-state index < -0.39 is 0 Å². The standard InChI is InChI=1S/C26H24N4OS/c1-20-9-11-21(12-10-20)19-30-17-5-6-23(30)18-27-29-26(32)28-22-13-15-25(16-14-22)31-24-7-3-2-4-8-24/h2-18H,19H2,1H3,(H2,28,29,32). The summed E-state index contributed by atoms with van der Waals surface area (Å²) < 4.78 is 7.94. The molecule has 0 unspecified atom stereocenters. The van der Waals surface area contributed by atoms with Crippen molar-refractivity contribution in [3.8, 4) is 11.5 Å². The summed E-state index contributed by atoms with van der Waals surface area (Å²) in [6.45, 7) is 2.88. The van der Waals surface area contributed by atoms with Gasteiger partial charge in [0.15, 0.2) is 5.11 Å². The minimum absolute atomic E-state index is 0.412. The minimum Gasteiger partial charge on any atom is -0.457 e. The van der Waals surface area contributed by atoms with Gasteiger partial charge in [0.05, 0.1) is 11.9 Å².